The maximum absolute atomic E-state index is 3.56. The first-order chi connectivity index (χ1) is 8.90. The lowest BCUT2D eigenvalue weighted by Crippen LogP contribution is -2.35. The highest BCUT2D eigenvalue weighted by molar-refractivity contribution is 7.17. The van der Waals surface area contributed by atoms with Crippen molar-refractivity contribution >= 4 is 21.4 Å². The molecule has 2 heterocycles. The predicted molar refractivity (Wildman–Crippen MR) is 80.5 cm³/mol. The normalized spacial score (nSPS) is 24.5. The standard InChI is InChI=1S/C16H21NS/c1-2-5-12-10-17-9-8-13(12)15-11-18-16-7-4-3-6-14(15)16/h3-4,6-7,11-13,17H,2,5,8-10H2,1H3. The quantitative estimate of drug-likeness (QED) is 0.861. The number of hydrogen-bond donors (Lipinski definition) is 1. The fraction of sp³-hybridized carbons (Fsp3) is 0.500. The Hall–Kier alpha value is -0.860. The Morgan fingerprint density at radius 1 is 1.33 bits per heavy atom. The van der Waals surface area contributed by atoms with Crippen LogP contribution in [0.15, 0.2) is 29.6 Å². The number of nitrogens with one attached hydrogen (secondary N) is 1. The lowest BCUT2D eigenvalue weighted by Gasteiger charge is -2.32. The Kier molecular flexibility index (Phi) is 3.67. The molecule has 0 bridgehead atoms. The third-order valence-corrected chi connectivity index (χ3v) is 5.16. The molecule has 1 saturated heterocycles. The van der Waals surface area contributed by atoms with E-state index in [0.29, 0.717) is 0 Å². The zero-order valence-electron chi connectivity index (χ0n) is 11.0. The summed E-state index contributed by atoms with van der Waals surface area (Å²) in [6, 6.07) is 8.87. The zero-order chi connectivity index (χ0) is 12.4. The first-order valence-electron chi connectivity index (χ1n) is 7.07. The number of hydrogen-bond acceptors (Lipinski definition) is 2. The van der Waals surface area contributed by atoms with Gasteiger partial charge < -0.3 is 5.32 Å². The van der Waals surface area contributed by atoms with Crippen LogP contribution in [0.5, 0.6) is 0 Å². The average molecular weight is 259 g/mol. The average Bonchev–Trinajstić information content (AvgIpc) is 2.84. The number of thiophene rings is 1. The van der Waals surface area contributed by atoms with Crippen LogP contribution in [-0.2, 0) is 0 Å². The highest BCUT2D eigenvalue weighted by Gasteiger charge is 2.27. The van der Waals surface area contributed by atoms with Crippen molar-refractivity contribution in [2.75, 3.05) is 13.1 Å². The van der Waals surface area contributed by atoms with E-state index >= 15 is 0 Å². The van der Waals surface area contributed by atoms with E-state index in [1.807, 2.05) is 11.3 Å². The molecule has 1 aromatic carbocycles. The molecule has 0 amide bonds. The highest BCUT2D eigenvalue weighted by Crippen LogP contribution is 2.39. The molecule has 1 N–H and O–H groups in total. The van der Waals surface area contributed by atoms with Crippen molar-refractivity contribution < 1.29 is 0 Å². The van der Waals surface area contributed by atoms with Gasteiger partial charge in [0.1, 0.15) is 0 Å². The number of rotatable bonds is 3. The van der Waals surface area contributed by atoms with Crippen LogP contribution in [-0.4, -0.2) is 13.1 Å². The molecular formula is C16H21NS. The number of benzene rings is 1. The summed E-state index contributed by atoms with van der Waals surface area (Å²) in [7, 11) is 0. The third-order valence-electron chi connectivity index (χ3n) is 4.18. The Morgan fingerprint density at radius 3 is 3.11 bits per heavy atom. The van der Waals surface area contributed by atoms with Crippen LogP contribution < -0.4 is 5.32 Å². The molecule has 2 atom stereocenters. The van der Waals surface area contributed by atoms with E-state index in [9.17, 15) is 0 Å². The maximum atomic E-state index is 3.56. The van der Waals surface area contributed by atoms with Gasteiger partial charge in [0.15, 0.2) is 0 Å². The second-order valence-corrected chi connectivity index (χ2v) is 6.25. The topological polar surface area (TPSA) is 12.0 Å². The first-order valence-corrected chi connectivity index (χ1v) is 7.95. The zero-order valence-corrected chi connectivity index (χ0v) is 11.8. The van der Waals surface area contributed by atoms with E-state index in [1.54, 1.807) is 5.56 Å². The summed E-state index contributed by atoms with van der Waals surface area (Å²) in [6.45, 7) is 4.68. The minimum absolute atomic E-state index is 0.766. The molecule has 1 fully saturated rings. The van der Waals surface area contributed by atoms with Crippen molar-refractivity contribution in [2.24, 2.45) is 5.92 Å². The Balaban J connectivity index is 1.96. The summed E-state index contributed by atoms with van der Waals surface area (Å²) in [5.41, 5.74) is 1.61. The molecule has 0 spiro atoms. The molecule has 2 heteroatoms. The molecule has 0 saturated carbocycles. The Bertz CT molecular complexity index is 515. The van der Waals surface area contributed by atoms with Gasteiger partial charge in [-0.3, -0.25) is 0 Å². The molecular weight excluding hydrogens is 238 g/mol. The molecule has 0 aliphatic carbocycles. The van der Waals surface area contributed by atoms with E-state index in [-0.39, 0.29) is 0 Å². The third kappa shape index (κ3) is 2.19. The Morgan fingerprint density at radius 2 is 2.22 bits per heavy atom. The SMILES string of the molecule is CCCC1CNCCC1c1csc2ccccc12. The smallest absolute Gasteiger partial charge is 0.0345 e. The summed E-state index contributed by atoms with van der Waals surface area (Å²) in [5, 5.41) is 7.46. The summed E-state index contributed by atoms with van der Waals surface area (Å²) in [5.74, 6) is 1.59. The van der Waals surface area contributed by atoms with Crippen LogP contribution in [0.2, 0.25) is 0 Å². The number of piperidine rings is 1. The van der Waals surface area contributed by atoms with Gasteiger partial charge in [0, 0.05) is 4.70 Å². The second-order valence-electron chi connectivity index (χ2n) is 5.34. The van der Waals surface area contributed by atoms with Crippen molar-refractivity contribution in [3.8, 4) is 0 Å². The predicted octanol–water partition coefficient (Wildman–Crippen LogP) is 4.39. The molecule has 96 valence electrons. The minimum Gasteiger partial charge on any atom is -0.316 e. The van der Waals surface area contributed by atoms with E-state index in [2.05, 4.69) is 41.9 Å². The van der Waals surface area contributed by atoms with Crippen molar-refractivity contribution in [3.05, 3.63) is 35.2 Å². The lowest BCUT2D eigenvalue weighted by atomic mass is 9.79. The highest BCUT2D eigenvalue weighted by atomic mass is 32.1. The van der Waals surface area contributed by atoms with Gasteiger partial charge in [0.05, 0.1) is 0 Å². The van der Waals surface area contributed by atoms with Crippen molar-refractivity contribution in [3.63, 3.8) is 0 Å². The van der Waals surface area contributed by atoms with E-state index < -0.39 is 0 Å². The van der Waals surface area contributed by atoms with Crippen molar-refractivity contribution in [2.45, 2.75) is 32.1 Å². The first kappa shape index (κ1) is 12.2. The van der Waals surface area contributed by atoms with Crippen LogP contribution in [0.4, 0.5) is 0 Å². The van der Waals surface area contributed by atoms with E-state index in [0.717, 1.165) is 11.8 Å². The molecule has 1 nitrogen and oxygen atoms in total. The maximum Gasteiger partial charge on any atom is 0.0345 e. The monoisotopic (exact) mass is 259 g/mol. The van der Waals surface area contributed by atoms with Gasteiger partial charge in [-0.2, -0.15) is 0 Å². The van der Waals surface area contributed by atoms with Crippen LogP contribution in [0, 0.1) is 5.92 Å². The van der Waals surface area contributed by atoms with Crippen molar-refractivity contribution in [1.29, 1.82) is 0 Å². The molecule has 1 aliphatic heterocycles. The molecule has 0 radical (unpaired) electrons. The van der Waals surface area contributed by atoms with Gasteiger partial charge in [-0.25, -0.2) is 0 Å². The van der Waals surface area contributed by atoms with Gasteiger partial charge in [-0.1, -0.05) is 31.5 Å². The number of fused-ring (bicyclic) bond motifs is 1. The van der Waals surface area contributed by atoms with Crippen LogP contribution in [0.25, 0.3) is 10.1 Å². The van der Waals surface area contributed by atoms with Crippen LogP contribution in [0.3, 0.4) is 0 Å². The minimum atomic E-state index is 0.766. The molecule has 18 heavy (non-hydrogen) atoms. The molecule has 3 rings (SSSR count). The summed E-state index contributed by atoms with van der Waals surface area (Å²) in [4.78, 5) is 0. The molecule has 1 aliphatic rings. The summed E-state index contributed by atoms with van der Waals surface area (Å²) >= 11 is 1.91. The van der Waals surface area contributed by atoms with Gasteiger partial charge in [0.25, 0.3) is 0 Å². The fourth-order valence-electron chi connectivity index (χ4n) is 3.29. The fourth-order valence-corrected chi connectivity index (χ4v) is 4.32. The summed E-state index contributed by atoms with van der Waals surface area (Å²) in [6.07, 6.45) is 3.94. The van der Waals surface area contributed by atoms with Crippen LogP contribution >= 0.6 is 11.3 Å². The van der Waals surface area contributed by atoms with Gasteiger partial charge >= 0.3 is 0 Å². The molecule has 2 aromatic rings. The van der Waals surface area contributed by atoms with Crippen LogP contribution in [0.1, 0.15) is 37.7 Å². The second kappa shape index (κ2) is 5.41. The van der Waals surface area contributed by atoms with E-state index in [4.69, 9.17) is 0 Å². The summed E-state index contributed by atoms with van der Waals surface area (Å²) < 4.78 is 1.45. The largest absolute Gasteiger partial charge is 0.316 e. The van der Waals surface area contributed by atoms with E-state index in [1.165, 1.54) is 42.4 Å². The molecule has 1 aromatic heterocycles. The van der Waals surface area contributed by atoms with Gasteiger partial charge in [-0.15, -0.1) is 11.3 Å². The Labute approximate surface area is 113 Å². The van der Waals surface area contributed by atoms with Gasteiger partial charge in [0.2, 0.25) is 0 Å². The van der Waals surface area contributed by atoms with Gasteiger partial charge in [-0.05, 0) is 60.2 Å². The lowest BCUT2D eigenvalue weighted by molar-refractivity contribution is 0.308. The van der Waals surface area contributed by atoms with Crippen molar-refractivity contribution in [1.82, 2.24) is 5.32 Å². The molecule has 2 unspecified atom stereocenters.